The van der Waals surface area contributed by atoms with Gasteiger partial charge < -0.3 is 15.0 Å². The molecule has 0 spiro atoms. The van der Waals surface area contributed by atoms with Crippen LogP contribution < -0.4 is 10.2 Å². The molecule has 1 heterocycles. The van der Waals surface area contributed by atoms with E-state index in [-0.39, 0.29) is 5.91 Å². The van der Waals surface area contributed by atoms with Gasteiger partial charge in [0.25, 0.3) is 5.91 Å². The Balaban J connectivity index is 1.76. The van der Waals surface area contributed by atoms with Crippen LogP contribution >= 0.6 is 0 Å². The minimum absolute atomic E-state index is 0.121. The van der Waals surface area contributed by atoms with E-state index in [9.17, 15) is 4.79 Å². The number of benzene rings is 2. The molecule has 5 heteroatoms. The van der Waals surface area contributed by atoms with Gasteiger partial charge in [-0.2, -0.15) is 0 Å². The molecule has 0 atom stereocenters. The smallest absolute Gasteiger partial charge is 0.252 e. The monoisotopic (exact) mass is 375 g/mol. The molecule has 0 unspecified atom stereocenters. The van der Waals surface area contributed by atoms with Gasteiger partial charge in [-0.25, -0.2) is 4.98 Å². The van der Waals surface area contributed by atoms with Crippen molar-refractivity contribution in [3.05, 3.63) is 90.1 Å². The van der Waals surface area contributed by atoms with Crippen LogP contribution in [0.5, 0.6) is 0 Å². The van der Waals surface area contributed by atoms with Crippen molar-refractivity contribution in [2.24, 2.45) is 0 Å². The Kier molecular flexibility index (Phi) is 7.15. The van der Waals surface area contributed by atoms with Crippen molar-refractivity contribution in [1.29, 1.82) is 0 Å². The van der Waals surface area contributed by atoms with E-state index in [0.717, 1.165) is 17.9 Å². The van der Waals surface area contributed by atoms with E-state index in [1.165, 1.54) is 5.56 Å². The van der Waals surface area contributed by atoms with Crippen molar-refractivity contribution < 1.29 is 9.53 Å². The molecular weight excluding hydrogens is 350 g/mol. The van der Waals surface area contributed by atoms with Gasteiger partial charge in [-0.15, -0.1) is 0 Å². The molecular formula is C23H25N3O2. The molecule has 0 saturated heterocycles. The number of pyridine rings is 1. The van der Waals surface area contributed by atoms with Crippen LogP contribution in [0.25, 0.3) is 0 Å². The van der Waals surface area contributed by atoms with Crippen LogP contribution in [0.15, 0.2) is 79.0 Å². The zero-order valence-electron chi connectivity index (χ0n) is 16.0. The van der Waals surface area contributed by atoms with Crippen LogP contribution in [-0.2, 0) is 11.3 Å². The van der Waals surface area contributed by atoms with E-state index >= 15 is 0 Å². The summed E-state index contributed by atoms with van der Waals surface area (Å²) < 4.78 is 4.99. The maximum absolute atomic E-state index is 12.2. The Morgan fingerprint density at radius 1 is 1.00 bits per heavy atom. The summed E-state index contributed by atoms with van der Waals surface area (Å²) in [6, 6.07) is 24.1. The lowest BCUT2D eigenvalue weighted by Crippen LogP contribution is -2.25. The number of hydrogen-bond donors (Lipinski definition) is 1. The van der Waals surface area contributed by atoms with Crippen molar-refractivity contribution in [3.8, 4) is 0 Å². The van der Waals surface area contributed by atoms with E-state index in [1.807, 2.05) is 48.5 Å². The predicted molar refractivity (Wildman–Crippen MR) is 112 cm³/mol. The molecule has 3 aromatic rings. The van der Waals surface area contributed by atoms with Gasteiger partial charge >= 0.3 is 0 Å². The van der Waals surface area contributed by atoms with Crippen LogP contribution in [0.1, 0.15) is 22.3 Å². The standard InChI is InChI=1S/C23H25N3O2/c1-28-16-8-15-24-23(27)20-13-14-22(25-17-20)26(21-11-6-3-7-12-21)18-19-9-4-2-5-10-19/h2-7,9-14,17H,8,15-16,18H2,1H3,(H,24,27). The molecule has 1 aromatic heterocycles. The molecule has 28 heavy (non-hydrogen) atoms. The lowest BCUT2D eigenvalue weighted by molar-refractivity contribution is 0.0948. The first-order valence-corrected chi connectivity index (χ1v) is 9.37. The zero-order valence-corrected chi connectivity index (χ0v) is 16.0. The Morgan fingerprint density at radius 2 is 1.71 bits per heavy atom. The summed E-state index contributed by atoms with van der Waals surface area (Å²) in [4.78, 5) is 18.9. The molecule has 0 fully saturated rings. The second kappa shape index (κ2) is 10.2. The van der Waals surface area contributed by atoms with Gasteiger partial charge in [0, 0.05) is 38.7 Å². The average molecular weight is 375 g/mol. The summed E-state index contributed by atoms with van der Waals surface area (Å²) in [6.45, 7) is 1.90. The Bertz CT molecular complexity index is 852. The SMILES string of the molecule is COCCCNC(=O)c1ccc(N(Cc2ccccc2)c2ccccc2)nc1. The second-order valence-corrected chi connectivity index (χ2v) is 6.41. The molecule has 0 radical (unpaired) electrons. The first kappa shape index (κ1) is 19.6. The molecule has 0 aliphatic heterocycles. The van der Waals surface area contributed by atoms with Gasteiger partial charge in [-0.3, -0.25) is 4.79 Å². The van der Waals surface area contributed by atoms with Crippen LogP contribution in [-0.4, -0.2) is 31.2 Å². The highest BCUT2D eigenvalue weighted by molar-refractivity contribution is 5.94. The Labute approximate surface area is 166 Å². The average Bonchev–Trinajstić information content (AvgIpc) is 2.76. The number of carbonyl (C=O) groups excluding carboxylic acids is 1. The van der Waals surface area contributed by atoms with Crippen molar-refractivity contribution in [1.82, 2.24) is 10.3 Å². The summed E-state index contributed by atoms with van der Waals surface area (Å²) in [5, 5.41) is 2.88. The predicted octanol–water partition coefficient (Wildman–Crippen LogP) is 4.19. The van der Waals surface area contributed by atoms with Gasteiger partial charge in [0.05, 0.1) is 5.56 Å². The van der Waals surface area contributed by atoms with Crippen LogP contribution in [0.4, 0.5) is 11.5 Å². The fraction of sp³-hybridized carbons (Fsp3) is 0.217. The first-order valence-electron chi connectivity index (χ1n) is 9.37. The summed E-state index contributed by atoms with van der Waals surface area (Å²) in [5.74, 6) is 0.676. The number of para-hydroxylation sites is 1. The number of nitrogens with one attached hydrogen (secondary N) is 1. The Morgan fingerprint density at radius 3 is 2.36 bits per heavy atom. The molecule has 5 nitrogen and oxygen atoms in total. The number of hydrogen-bond acceptors (Lipinski definition) is 4. The van der Waals surface area contributed by atoms with Crippen molar-refractivity contribution in [2.75, 3.05) is 25.2 Å². The number of rotatable bonds is 9. The number of amides is 1. The quantitative estimate of drug-likeness (QED) is 0.570. The second-order valence-electron chi connectivity index (χ2n) is 6.41. The van der Waals surface area contributed by atoms with Gasteiger partial charge in [0.1, 0.15) is 5.82 Å². The first-order chi connectivity index (χ1) is 13.8. The number of aromatic nitrogens is 1. The number of ether oxygens (including phenoxy) is 1. The minimum atomic E-state index is -0.121. The summed E-state index contributed by atoms with van der Waals surface area (Å²) in [6.07, 6.45) is 2.41. The molecule has 1 N–H and O–H groups in total. The van der Waals surface area contributed by atoms with Gasteiger partial charge in [0.2, 0.25) is 0 Å². The number of anilines is 2. The van der Waals surface area contributed by atoms with Crippen molar-refractivity contribution in [2.45, 2.75) is 13.0 Å². The molecule has 3 rings (SSSR count). The molecule has 0 aliphatic rings. The topological polar surface area (TPSA) is 54.5 Å². The van der Waals surface area contributed by atoms with E-state index < -0.39 is 0 Å². The lowest BCUT2D eigenvalue weighted by Gasteiger charge is -2.24. The van der Waals surface area contributed by atoms with Crippen LogP contribution in [0, 0.1) is 0 Å². The lowest BCUT2D eigenvalue weighted by atomic mass is 10.2. The van der Waals surface area contributed by atoms with E-state index in [2.05, 4.69) is 39.5 Å². The van der Waals surface area contributed by atoms with Crippen LogP contribution in [0.3, 0.4) is 0 Å². The van der Waals surface area contributed by atoms with Crippen molar-refractivity contribution in [3.63, 3.8) is 0 Å². The third-order valence-corrected chi connectivity index (χ3v) is 4.35. The minimum Gasteiger partial charge on any atom is -0.385 e. The van der Waals surface area contributed by atoms with Gasteiger partial charge in [-0.05, 0) is 36.2 Å². The maximum atomic E-state index is 12.2. The highest BCUT2D eigenvalue weighted by Crippen LogP contribution is 2.25. The number of carbonyl (C=O) groups is 1. The van der Waals surface area contributed by atoms with Crippen LogP contribution in [0.2, 0.25) is 0 Å². The Hall–Kier alpha value is -3.18. The van der Waals surface area contributed by atoms with Gasteiger partial charge in [0.15, 0.2) is 0 Å². The van der Waals surface area contributed by atoms with Gasteiger partial charge in [-0.1, -0.05) is 48.5 Å². The molecule has 0 bridgehead atoms. The molecule has 1 amide bonds. The molecule has 2 aromatic carbocycles. The normalized spacial score (nSPS) is 10.5. The third kappa shape index (κ3) is 5.41. The number of methoxy groups -OCH3 is 1. The van der Waals surface area contributed by atoms with E-state index in [4.69, 9.17) is 4.74 Å². The summed E-state index contributed by atoms with van der Waals surface area (Å²) in [5.41, 5.74) is 2.79. The molecule has 0 saturated carbocycles. The zero-order chi connectivity index (χ0) is 19.6. The van der Waals surface area contributed by atoms with E-state index in [1.54, 1.807) is 13.3 Å². The largest absolute Gasteiger partial charge is 0.385 e. The molecule has 0 aliphatic carbocycles. The maximum Gasteiger partial charge on any atom is 0.252 e. The highest BCUT2D eigenvalue weighted by Gasteiger charge is 2.13. The fourth-order valence-corrected chi connectivity index (χ4v) is 2.88. The third-order valence-electron chi connectivity index (χ3n) is 4.35. The summed E-state index contributed by atoms with van der Waals surface area (Å²) >= 11 is 0. The van der Waals surface area contributed by atoms with Crippen molar-refractivity contribution >= 4 is 17.4 Å². The fourth-order valence-electron chi connectivity index (χ4n) is 2.88. The summed E-state index contributed by atoms with van der Waals surface area (Å²) in [7, 11) is 1.65. The van der Waals surface area contributed by atoms with E-state index in [0.29, 0.717) is 25.3 Å². The highest BCUT2D eigenvalue weighted by atomic mass is 16.5. The number of nitrogens with zero attached hydrogens (tertiary/aromatic N) is 2. The molecule has 144 valence electrons.